The highest BCUT2D eigenvalue weighted by Gasteiger charge is 2.24. The van der Waals surface area contributed by atoms with Crippen LogP contribution in [0.25, 0.3) is 6.08 Å². The molecule has 1 fully saturated rings. The molecule has 1 atom stereocenters. The molecule has 1 N–H and O–H groups in total. The highest BCUT2D eigenvalue weighted by molar-refractivity contribution is 5.97. The lowest BCUT2D eigenvalue weighted by atomic mass is 10.1. The van der Waals surface area contributed by atoms with Crippen LogP contribution in [0.1, 0.15) is 18.9 Å². The molecule has 1 aliphatic rings. The van der Waals surface area contributed by atoms with Crippen LogP contribution >= 0.6 is 0 Å². The maximum atomic E-state index is 12.0. The van der Waals surface area contributed by atoms with Gasteiger partial charge in [0.05, 0.1) is 6.10 Å². The van der Waals surface area contributed by atoms with Gasteiger partial charge in [0.15, 0.2) is 0 Å². The quantitative estimate of drug-likeness (QED) is 0.787. The van der Waals surface area contributed by atoms with Gasteiger partial charge >= 0.3 is 0 Å². The fourth-order valence-electron chi connectivity index (χ4n) is 2.04. The van der Waals surface area contributed by atoms with E-state index in [-0.39, 0.29) is 12.0 Å². The number of amides is 1. The van der Waals surface area contributed by atoms with E-state index in [0.29, 0.717) is 25.1 Å². The molecule has 3 heteroatoms. The van der Waals surface area contributed by atoms with Gasteiger partial charge in [-0.05, 0) is 25.0 Å². The number of aliphatic hydroxyl groups excluding tert-OH is 1. The minimum atomic E-state index is -0.358. The van der Waals surface area contributed by atoms with E-state index >= 15 is 0 Å². The Bertz CT molecular complexity index is 425. The molecule has 1 unspecified atom stereocenters. The Hall–Kier alpha value is -1.61. The van der Waals surface area contributed by atoms with Gasteiger partial charge in [-0.15, -0.1) is 0 Å². The molecule has 0 radical (unpaired) electrons. The summed E-state index contributed by atoms with van der Waals surface area (Å²) >= 11 is 0. The summed E-state index contributed by atoms with van der Waals surface area (Å²) in [7, 11) is 0. The molecule has 2 rings (SSSR count). The lowest BCUT2D eigenvalue weighted by Crippen LogP contribution is -2.30. The minimum Gasteiger partial charge on any atom is -0.391 e. The summed E-state index contributed by atoms with van der Waals surface area (Å²) in [5, 5.41) is 9.41. The predicted octanol–water partition coefficient (Wildman–Crippen LogP) is 1.68. The van der Waals surface area contributed by atoms with Crippen LogP contribution in [0.5, 0.6) is 0 Å². The van der Waals surface area contributed by atoms with Crippen molar-refractivity contribution in [1.29, 1.82) is 0 Å². The first-order valence-corrected chi connectivity index (χ1v) is 5.87. The molecular formula is C14H17NO2. The monoisotopic (exact) mass is 231 g/mol. The molecule has 3 nitrogen and oxygen atoms in total. The van der Waals surface area contributed by atoms with Crippen LogP contribution in [-0.2, 0) is 4.79 Å². The Balaban J connectivity index is 2.07. The largest absolute Gasteiger partial charge is 0.391 e. The van der Waals surface area contributed by atoms with Gasteiger partial charge in [-0.2, -0.15) is 0 Å². The Kier molecular flexibility index (Phi) is 3.59. The van der Waals surface area contributed by atoms with Crippen molar-refractivity contribution in [3.63, 3.8) is 0 Å². The highest BCUT2D eigenvalue weighted by atomic mass is 16.3. The molecule has 0 aromatic heterocycles. The van der Waals surface area contributed by atoms with Crippen LogP contribution in [0.4, 0.5) is 0 Å². The average Bonchev–Trinajstić information content (AvgIpc) is 2.76. The highest BCUT2D eigenvalue weighted by Crippen LogP contribution is 2.14. The normalized spacial score (nSPS) is 20.7. The molecule has 17 heavy (non-hydrogen) atoms. The molecule has 1 heterocycles. The molecule has 1 aliphatic heterocycles. The summed E-state index contributed by atoms with van der Waals surface area (Å²) in [6, 6.07) is 9.78. The summed E-state index contributed by atoms with van der Waals surface area (Å²) in [6.07, 6.45) is 2.21. The van der Waals surface area contributed by atoms with Gasteiger partial charge in [-0.3, -0.25) is 4.79 Å². The maximum Gasteiger partial charge on any atom is 0.249 e. The fraction of sp³-hybridized carbons (Fsp3) is 0.357. The Morgan fingerprint density at radius 1 is 1.41 bits per heavy atom. The van der Waals surface area contributed by atoms with E-state index in [2.05, 4.69) is 0 Å². The minimum absolute atomic E-state index is 0.0189. The Labute approximate surface area is 101 Å². The average molecular weight is 231 g/mol. The van der Waals surface area contributed by atoms with Gasteiger partial charge in [0, 0.05) is 18.7 Å². The number of carbonyl (C=O) groups excluding carboxylic acids is 1. The van der Waals surface area contributed by atoms with Crippen molar-refractivity contribution in [2.75, 3.05) is 13.1 Å². The number of benzene rings is 1. The van der Waals surface area contributed by atoms with Gasteiger partial charge in [0.1, 0.15) is 0 Å². The Morgan fingerprint density at radius 2 is 2.12 bits per heavy atom. The third kappa shape index (κ3) is 2.94. The first kappa shape index (κ1) is 11.9. The van der Waals surface area contributed by atoms with Crippen molar-refractivity contribution in [3.8, 4) is 0 Å². The fourth-order valence-corrected chi connectivity index (χ4v) is 2.04. The zero-order valence-electron chi connectivity index (χ0n) is 9.97. The zero-order valence-corrected chi connectivity index (χ0v) is 9.97. The molecule has 0 bridgehead atoms. The van der Waals surface area contributed by atoms with Crippen molar-refractivity contribution in [2.45, 2.75) is 19.4 Å². The molecular weight excluding hydrogens is 214 g/mol. The van der Waals surface area contributed by atoms with Crippen LogP contribution in [0, 0.1) is 0 Å². The first-order chi connectivity index (χ1) is 8.16. The van der Waals surface area contributed by atoms with Crippen molar-refractivity contribution in [3.05, 3.63) is 41.5 Å². The summed E-state index contributed by atoms with van der Waals surface area (Å²) < 4.78 is 0. The predicted molar refractivity (Wildman–Crippen MR) is 67.3 cm³/mol. The van der Waals surface area contributed by atoms with E-state index in [0.717, 1.165) is 5.56 Å². The van der Waals surface area contributed by atoms with E-state index in [1.807, 2.05) is 43.3 Å². The van der Waals surface area contributed by atoms with Crippen LogP contribution in [0.15, 0.2) is 35.9 Å². The van der Waals surface area contributed by atoms with E-state index in [4.69, 9.17) is 0 Å². The number of rotatable bonds is 2. The lowest BCUT2D eigenvalue weighted by Gasteiger charge is -2.15. The van der Waals surface area contributed by atoms with Gasteiger partial charge in [0.2, 0.25) is 5.91 Å². The van der Waals surface area contributed by atoms with E-state index in [1.165, 1.54) is 0 Å². The summed E-state index contributed by atoms with van der Waals surface area (Å²) in [5.41, 5.74) is 1.74. The van der Waals surface area contributed by atoms with Crippen molar-refractivity contribution < 1.29 is 9.90 Å². The number of β-amino-alcohol motifs (C(OH)–C–C–N with tert-alkyl or cyclic N) is 1. The van der Waals surface area contributed by atoms with Crippen molar-refractivity contribution in [2.24, 2.45) is 0 Å². The number of likely N-dealkylation sites (tertiary alicyclic amines) is 1. The van der Waals surface area contributed by atoms with Crippen molar-refractivity contribution >= 4 is 12.0 Å². The maximum absolute atomic E-state index is 12.0. The van der Waals surface area contributed by atoms with Gasteiger partial charge in [-0.1, -0.05) is 30.3 Å². The van der Waals surface area contributed by atoms with Crippen molar-refractivity contribution in [1.82, 2.24) is 4.90 Å². The van der Waals surface area contributed by atoms with E-state index < -0.39 is 0 Å². The number of aliphatic hydroxyl groups is 1. The molecule has 0 spiro atoms. The summed E-state index contributed by atoms with van der Waals surface area (Å²) in [4.78, 5) is 13.7. The molecule has 0 saturated carbocycles. The number of carbonyl (C=O) groups is 1. The topological polar surface area (TPSA) is 40.5 Å². The smallest absolute Gasteiger partial charge is 0.249 e. The van der Waals surface area contributed by atoms with Gasteiger partial charge in [0.25, 0.3) is 0 Å². The third-order valence-electron chi connectivity index (χ3n) is 2.97. The van der Waals surface area contributed by atoms with Crippen LogP contribution < -0.4 is 0 Å². The van der Waals surface area contributed by atoms with Crippen LogP contribution in [-0.4, -0.2) is 35.1 Å². The summed E-state index contributed by atoms with van der Waals surface area (Å²) in [6.45, 7) is 2.93. The second-order valence-corrected chi connectivity index (χ2v) is 4.43. The second-order valence-electron chi connectivity index (χ2n) is 4.43. The number of hydrogen-bond acceptors (Lipinski definition) is 2. The lowest BCUT2D eigenvalue weighted by molar-refractivity contribution is -0.126. The number of hydrogen-bond donors (Lipinski definition) is 1. The van der Waals surface area contributed by atoms with E-state index in [9.17, 15) is 9.90 Å². The zero-order chi connectivity index (χ0) is 12.3. The van der Waals surface area contributed by atoms with Gasteiger partial charge in [-0.25, -0.2) is 0 Å². The van der Waals surface area contributed by atoms with Crippen LogP contribution in [0.3, 0.4) is 0 Å². The molecule has 1 aromatic carbocycles. The number of nitrogens with zero attached hydrogens (tertiary/aromatic N) is 1. The van der Waals surface area contributed by atoms with E-state index in [1.54, 1.807) is 4.90 Å². The molecule has 90 valence electrons. The Morgan fingerprint density at radius 3 is 2.71 bits per heavy atom. The first-order valence-electron chi connectivity index (χ1n) is 5.87. The molecule has 0 aliphatic carbocycles. The SMILES string of the molecule is C/C(=C/c1ccccc1)C(=O)N1CCC(O)C1. The molecule has 1 aromatic rings. The third-order valence-corrected chi connectivity index (χ3v) is 2.97. The second kappa shape index (κ2) is 5.15. The molecule has 1 amide bonds. The van der Waals surface area contributed by atoms with Gasteiger partial charge < -0.3 is 10.0 Å². The molecule has 1 saturated heterocycles. The van der Waals surface area contributed by atoms with Crippen LogP contribution in [0.2, 0.25) is 0 Å². The standard InChI is InChI=1S/C14H17NO2/c1-11(9-12-5-3-2-4-6-12)14(17)15-8-7-13(16)10-15/h2-6,9,13,16H,7-8,10H2,1H3/b11-9-. The summed E-state index contributed by atoms with van der Waals surface area (Å²) in [5.74, 6) is 0.0189.